The van der Waals surface area contributed by atoms with Crippen molar-refractivity contribution in [3.05, 3.63) is 76.9 Å². The van der Waals surface area contributed by atoms with Crippen molar-refractivity contribution in [2.45, 2.75) is 64.3 Å². The first kappa shape index (κ1) is 33.7. The zero-order valence-electron chi connectivity index (χ0n) is 27.0. The first-order valence-corrected chi connectivity index (χ1v) is 16.4. The van der Waals surface area contributed by atoms with Gasteiger partial charge in [-0.15, -0.1) is 0 Å². The molecule has 2 aromatic rings. The quantitative estimate of drug-likeness (QED) is 0.321. The minimum atomic E-state index is -2.17. The Bertz CT molecular complexity index is 1790. The molecule has 4 aliphatic rings. The molecule has 9 nitrogen and oxygen atoms in total. The molecule has 0 saturated heterocycles. The molecule has 0 aromatic heterocycles. The number of aromatic hydroxyl groups is 1. The van der Waals surface area contributed by atoms with Gasteiger partial charge in [-0.2, -0.15) is 5.26 Å². The van der Waals surface area contributed by atoms with Crippen molar-refractivity contribution in [1.29, 1.82) is 5.26 Å². The number of hydrogen-bond donors (Lipinski definition) is 2. The molecule has 0 aliphatic heterocycles. The summed E-state index contributed by atoms with van der Waals surface area (Å²) in [5.41, 5.74) is -5.92. The molecular formula is C37H37ClFNO8. The van der Waals surface area contributed by atoms with Crippen LogP contribution in [0.4, 0.5) is 4.39 Å². The number of ether oxygens (including phenoxy) is 3. The molecule has 3 fully saturated rings. The molecule has 0 spiro atoms. The summed E-state index contributed by atoms with van der Waals surface area (Å²) in [5.74, 6) is -3.50. The molecule has 252 valence electrons. The highest BCUT2D eigenvalue weighted by atomic mass is 35.5. The molecule has 9 unspecified atom stereocenters. The lowest BCUT2D eigenvalue weighted by atomic mass is 9.43. The highest BCUT2D eigenvalue weighted by molar-refractivity contribution is 6.32. The zero-order chi connectivity index (χ0) is 34.8. The predicted octanol–water partition coefficient (Wildman–Crippen LogP) is 6.66. The molecule has 4 aliphatic carbocycles. The second-order valence-electron chi connectivity index (χ2n) is 14.0. The van der Waals surface area contributed by atoms with Gasteiger partial charge in [-0.25, -0.2) is 14.0 Å². The number of halogens is 2. The van der Waals surface area contributed by atoms with Crippen LogP contribution in [0.5, 0.6) is 17.2 Å². The summed E-state index contributed by atoms with van der Waals surface area (Å²) in [4.78, 5) is 40.3. The molecule has 9 atom stereocenters. The Kier molecular flexibility index (Phi) is 8.24. The number of aliphatic hydroxyl groups is 1. The van der Waals surface area contributed by atoms with E-state index in [2.05, 4.69) is 0 Å². The van der Waals surface area contributed by atoms with Crippen molar-refractivity contribution >= 4 is 29.3 Å². The van der Waals surface area contributed by atoms with Crippen LogP contribution in [0.1, 0.15) is 57.3 Å². The average Bonchev–Trinajstić information content (AvgIpc) is 3.26. The highest BCUT2D eigenvalue weighted by Crippen LogP contribution is 2.72. The van der Waals surface area contributed by atoms with E-state index in [4.69, 9.17) is 25.8 Å². The number of allylic oxidation sites excluding steroid dienone is 4. The Hall–Kier alpha value is -4.20. The predicted molar refractivity (Wildman–Crippen MR) is 172 cm³/mol. The molecule has 0 heterocycles. The van der Waals surface area contributed by atoms with Crippen LogP contribution in [-0.2, 0) is 19.1 Å². The Balaban J connectivity index is 1.35. The van der Waals surface area contributed by atoms with Crippen molar-refractivity contribution in [2.75, 3.05) is 6.61 Å². The second-order valence-corrected chi connectivity index (χ2v) is 14.4. The minimum Gasteiger partial charge on any atom is -0.506 e. The van der Waals surface area contributed by atoms with Crippen LogP contribution in [0.2, 0.25) is 5.02 Å². The number of carbonyl (C=O) groups excluding carboxylic acids is 3. The van der Waals surface area contributed by atoms with E-state index in [-0.39, 0.29) is 34.5 Å². The number of esters is 2. The number of nitrogens with zero attached hydrogens (tertiary/aromatic N) is 1. The number of aliphatic hydroxyl groups excluding tert-OH is 1. The van der Waals surface area contributed by atoms with Gasteiger partial charge in [0.1, 0.15) is 23.3 Å². The van der Waals surface area contributed by atoms with E-state index in [1.165, 1.54) is 54.6 Å². The smallest absolute Gasteiger partial charge is 0.352 e. The summed E-state index contributed by atoms with van der Waals surface area (Å²) in [7, 11) is 0. The van der Waals surface area contributed by atoms with Gasteiger partial charge in [-0.05, 0) is 86.6 Å². The summed E-state index contributed by atoms with van der Waals surface area (Å²) in [6.07, 6.45) is 3.18. The number of nitriles is 1. The van der Waals surface area contributed by atoms with Crippen molar-refractivity contribution < 1.29 is 43.2 Å². The van der Waals surface area contributed by atoms with E-state index in [9.17, 15) is 29.9 Å². The Morgan fingerprint density at radius 1 is 1.08 bits per heavy atom. The molecule has 0 bridgehead atoms. The molecule has 2 aromatic carbocycles. The number of carbonyl (C=O) groups is 3. The Morgan fingerprint density at radius 3 is 2.44 bits per heavy atom. The standard InChI is InChI=1S/C37H37ClFNO8/c1-20-15-28-27-16-21(2)37(33(45)46-14-13-40,35(27,4)19-31(43)36(28,39)34(3)12-11-23(41)17-26(20)34)48-32(44)22-5-7-24(8-6-22)47-25-9-10-30(42)29(38)18-25/h5-12,17-18,20-21,27-28,31,42-43H,14-16,19H2,1-4H3. The molecular weight excluding hydrogens is 641 g/mol. The number of ketones is 1. The van der Waals surface area contributed by atoms with Crippen molar-refractivity contribution in [2.24, 2.45) is 34.5 Å². The van der Waals surface area contributed by atoms with Gasteiger partial charge >= 0.3 is 11.9 Å². The maximum absolute atomic E-state index is 17.8. The fraction of sp³-hybridized carbons (Fsp3) is 0.459. The molecule has 3 saturated carbocycles. The fourth-order valence-corrected chi connectivity index (χ4v) is 9.54. The number of phenols is 1. The van der Waals surface area contributed by atoms with Gasteiger partial charge in [0.2, 0.25) is 5.60 Å². The largest absolute Gasteiger partial charge is 0.506 e. The fourth-order valence-electron chi connectivity index (χ4n) is 9.37. The third-order valence-corrected chi connectivity index (χ3v) is 11.9. The maximum Gasteiger partial charge on any atom is 0.352 e. The van der Waals surface area contributed by atoms with Gasteiger partial charge in [0, 0.05) is 28.7 Å². The van der Waals surface area contributed by atoms with Gasteiger partial charge in [0.15, 0.2) is 18.1 Å². The summed E-state index contributed by atoms with van der Waals surface area (Å²) >= 11 is 5.97. The normalized spacial score (nSPS) is 36.5. The Morgan fingerprint density at radius 2 is 1.77 bits per heavy atom. The van der Waals surface area contributed by atoms with Crippen LogP contribution >= 0.6 is 11.6 Å². The molecule has 48 heavy (non-hydrogen) atoms. The van der Waals surface area contributed by atoms with Crippen LogP contribution in [0.25, 0.3) is 0 Å². The topological polar surface area (TPSA) is 143 Å². The summed E-state index contributed by atoms with van der Waals surface area (Å²) in [5, 5.41) is 30.9. The van der Waals surface area contributed by atoms with Gasteiger partial charge in [0.05, 0.1) is 16.7 Å². The average molecular weight is 678 g/mol. The van der Waals surface area contributed by atoms with Crippen molar-refractivity contribution in [3.63, 3.8) is 0 Å². The van der Waals surface area contributed by atoms with Gasteiger partial charge in [-0.1, -0.05) is 44.0 Å². The van der Waals surface area contributed by atoms with Crippen LogP contribution < -0.4 is 4.74 Å². The first-order valence-electron chi connectivity index (χ1n) is 16.0. The minimum absolute atomic E-state index is 0.0968. The van der Waals surface area contributed by atoms with E-state index in [0.29, 0.717) is 29.9 Å². The number of hydrogen-bond acceptors (Lipinski definition) is 9. The van der Waals surface area contributed by atoms with E-state index in [1.54, 1.807) is 32.9 Å². The number of phenolic OH excluding ortho intramolecular Hbond substituents is 1. The molecule has 11 heteroatoms. The zero-order valence-corrected chi connectivity index (χ0v) is 27.8. The van der Waals surface area contributed by atoms with E-state index in [1.807, 2.05) is 6.92 Å². The summed E-state index contributed by atoms with van der Waals surface area (Å²) in [6, 6.07) is 12.1. The number of rotatable bonds is 6. The van der Waals surface area contributed by atoms with Crippen LogP contribution in [0.15, 0.2) is 66.3 Å². The maximum atomic E-state index is 17.8. The monoisotopic (exact) mass is 677 g/mol. The van der Waals surface area contributed by atoms with Crippen molar-refractivity contribution in [3.8, 4) is 23.3 Å². The van der Waals surface area contributed by atoms with Gasteiger partial charge in [-0.3, -0.25) is 4.79 Å². The molecule has 0 amide bonds. The lowest BCUT2D eigenvalue weighted by Crippen LogP contribution is -2.70. The number of benzene rings is 2. The molecule has 0 radical (unpaired) electrons. The summed E-state index contributed by atoms with van der Waals surface area (Å²) in [6.45, 7) is 6.55. The third-order valence-electron chi connectivity index (χ3n) is 11.6. The SMILES string of the molecule is CC1CC2C3CC(C)C(OC(=O)c4ccc(Oc5ccc(O)c(Cl)c5)cc4)(C(=O)OCC#N)C3(C)CC(O)C2(F)C2(C)C=CC(=O)C=C12. The number of alkyl halides is 1. The van der Waals surface area contributed by atoms with Gasteiger partial charge < -0.3 is 24.4 Å². The first-order chi connectivity index (χ1) is 22.6. The van der Waals surface area contributed by atoms with Crippen LogP contribution in [0, 0.1) is 45.8 Å². The van der Waals surface area contributed by atoms with E-state index in [0.717, 1.165) is 0 Å². The lowest BCUT2D eigenvalue weighted by Gasteiger charge is -2.63. The second kappa shape index (κ2) is 11.7. The van der Waals surface area contributed by atoms with E-state index < -0.39 is 64.5 Å². The van der Waals surface area contributed by atoms with Crippen molar-refractivity contribution in [1.82, 2.24) is 0 Å². The van der Waals surface area contributed by atoms with Crippen LogP contribution in [0.3, 0.4) is 0 Å². The van der Waals surface area contributed by atoms with E-state index >= 15 is 4.39 Å². The third kappa shape index (κ3) is 4.77. The molecule has 2 N–H and O–H groups in total. The lowest BCUT2D eigenvalue weighted by molar-refractivity contribution is -0.230. The number of fused-ring (bicyclic) bond motifs is 5. The highest BCUT2D eigenvalue weighted by Gasteiger charge is 2.78. The van der Waals surface area contributed by atoms with Crippen LogP contribution in [-0.4, -0.2) is 51.9 Å². The Labute approximate surface area is 282 Å². The molecule has 6 rings (SSSR count). The van der Waals surface area contributed by atoms with Gasteiger partial charge in [0.25, 0.3) is 0 Å². The summed E-state index contributed by atoms with van der Waals surface area (Å²) < 4.78 is 35.2.